The minimum absolute atomic E-state index is 0.0962. The maximum Gasteiger partial charge on any atom is 0.255 e. The summed E-state index contributed by atoms with van der Waals surface area (Å²) in [5.74, 6) is 1.07. The van der Waals surface area contributed by atoms with Crippen molar-refractivity contribution >= 4 is 5.91 Å². The number of piperidine rings is 1. The highest BCUT2D eigenvalue weighted by atomic mass is 16.5. The van der Waals surface area contributed by atoms with Crippen LogP contribution in [0.25, 0.3) is 0 Å². The summed E-state index contributed by atoms with van der Waals surface area (Å²) < 4.78 is 5.83. The number of carbonyl (C=O) groups excluding carboxylic acids is 1. The second-order valence-corrected chi connectivity index (χ2v) is 6.28. The number of nitrogens with one attached hydrogen (secondary N) is 1. The highest BCUT2D eigenvalue weighted by Crippen LogP contribution is 2.24. The van der Waals surface area contributed by atoms with Crippen molar-refractivity contribution in [1.29, 1.82) is 0 Å². The number of pyridine rings is 1. The summed E-state index contributed by atoms with van der Waals surface area (Å²) in [6, 6.07) is 11.4. The van der Waals surface area contributed by atoms with Gasteiger partial charge in [-0.3, -0.25) is 14.7 Å². The number of aromatic nitrogens is 1. The Morgan fingerprint density at radius 1 is 1.28 bits per heavy atom. The van der Waals surface area contributed by atoms with E-state index in [9.17, 15) is 4.79 Å². The van der Waals surface area contributed by atoms with Gasteiger partial charge in [0.15, 0.2) is 0 Å². The first-order chi connectivity index (χ1) is 12.3. The van der Waals surface area contributed by atoms with Crippen molar-refractivity contribution in [2.24, 2.45) is 0 Å². The van der Waals surface area contributed by atoms with Crippen molar-refractivity contribution < 1.29 is 9.53 Å². The Labute approximate surface area is 149 Å². The topological polar surface area (TPSA) is 54.5 Å². The number of benzene rings is 1. The van der Waals surface area contributed by atoms with Gasteiger partial charge in [0, 0.05) is 18.8 Å². The molecule has 1 aliphatic heterocycles. The molecule has 0 radical (unpaired) electrons. The van der Waals surface area contributed by atoms with Crippen LogP contribution in [0.15, 0.2) is 48.8 Å². The third-order valence-corrected chi connectivity index (χ3v) is 4.65. The number of carbonyl (C=O) groups is 1. The molecule has 1 atom stereocenters. The predicted octanol–water partition coefficient (Wildman–Crippen LogP) is 3.48. The molecule has 1 aromatic carbocycles. The van der Waals surface area contributed by atoms with Gasteiger partial charge in [0.05, 0.1) is 11.8 Å². The molecule has 3 rings (SSSR count). The molecule has 2 aromatic rings. The molecular weight excluding hydrogens is 314 g/mol. The van der Waals surface area contributed by atoms with Gasteiger partial charge >= 0.3 is 0 Å². The molecule has 1 saturated heterocycles. The zero-order chi connectivity index (χ0) is 17.5. The van der Waals surface area contributed by atoms with E-state index in [-0.39, 0.29) is 5.91 Å². The molecule has 1 fully saturated rings. The number of likely N-dealkylation sites (N-methyl/N-ethyl adjacent to an activating group) is 1. The third kappa shape index (κ3) is 4.57. The van der Waals surface area contributed by atoms with Crippen LogP contribution in [0.2, 0.25) is 0 Å². The number of hydrogen-bond donors (Lipinski definition) is 1. The molecule has 1 amide bonds. The second-order valence-electron chi connectivity index (χ2n) is 6.28. The first kappa shape index (κ1) is 17.4. The Kier molecular flexibility index (Phi) is 6.01. The smallest absolute Gasteiger partial charge is 0.255 e. The van der Waals surface area contributed by atoms with Crippen LogP contribution >= 0.6 is 0 Å². The normalized spacial score (nSPS) is 17.9. The van der Waals surface area contributed by atoms with Gasteiger partial charge in [-0.2, -0.15) is 0 Å². The molecule has 1 aliphatic rings. The van der Waals surface area contributed by atoms with Crippen molar-refractivity contribution in [3.63, 3.8) is 0 Å². The zero-order valence-corrected chi connectivity index (χ0v) is 14.6. The average Bonchev–Trinajstić information content (AvgIpc) is 2.67. The summed E-state index contributed by atoms with van der Waals surface area (Å²) >= 11 is 0. The fraction of sp³-hybridized carbons (Fsp3) is 0.400. The summed E-state index contributed by atoms with van der Waals surface area (Å²) in [5, 5.41) is 3.08. The fourth-order valence-corrected chi connectivity index (χ4v) is 3.29. The van der Waals surface area contributed by atoms with E-state index < -0.39 is 0 Å². The van der Waals surface area contributed by atoms with Crippen molar-refractivity contribution in [3.05, 3.63) is 54.4 Å². The SMILES string of the molecule is CCN1CCCCC1CNC(=O)c1ccccc1Oc1cccnc1. The highest BCUT2D eigenvalue weighted by Gasteiger charge is 2.22. The van der Waals surface area contributed by atoms with E-state index in [2.05, 4.69) is 22.1 Å². The molecule has 132 valence electrons. The summed E-state index contributed by atoms with van der Waals surface area (Å²) in [6.45, 7) is 5.00. The number of ether oxygens (including phenoxy) is 1. The van der Waals surface area contributed by atoms with Gasteiger partial charge in [-0.15, -0.1) is 0 Å². The van der Waals surface area contributed by atoms with Crippen molar-refractivity contribution in [1.82, 2.24) is 15.2 Å². The van der Waals surface area contributed by atoms with E-state index in [0.717, 1.165) is 19.5 Å². The molecule has 0 bridgehead atoms. The maximum absolute atomic E-state index is 12.7. The molecule has 5 heteroatoms. The van der Waals surface area contributed by atoms with Crippen LogP contribution in [-0.2, 0) is 0 Å². The number of para-hydroxylation sites is 1. The molecule has 1 aromatic heterocycles. The Morgan fingerprint density at radius 2 is 2.16 bits per heavy atom. The second kappa shape index (κ2) is 8.62. The van der Waals surface area contributed by atoms with Crippen LogP contribution < -0.4 is 10.1 Å². The summed E-state index contributed by atoms with van der Waals surface area (Å²) in [5.41, 5.74) is 0.546. The average molecular weight is 339 g/mol. The van der Waals surface area contributed by atoms with E-state index in [1.165, 1.54) is 12.8 Å². The first-order valence-electron chi connectivity index (χ1n) is 8.97. The van der Waals surface area contributed by atoms with Crippen LogP contribution in [0.4, 0.5) is 0 Å². The van der Waals surface area contributed by atoms with E-state index >= 15 is 0 Å². The lowest BCUT2D eigenvalue weighted by Gasteiger charge is -2.34. The number of rotatable bonds is 6. The summed E-state index contributed by atoms with van der Waals surface area (Å²) in [6.07, 6.45) is 6.95. The summed E-state index contributed by atoms with van der Waals surface area (Å²) in [7, 11) is 0. The number of nitrogens with zero attached hydrogens (tertiary/aromatic N) is 2. The van der Waals surface area contributed by atoms with Crippen LogP contribution in [0.1, 0.15) is 36.5 Å². The standard InChI is InChI=1S/C20H25N3O2/c1-2-23-13-6-5-8-16(23)14-22-20(24)18-10-3-4-11-19(18)25-17-9-7-12-21-15-17/h3-4,7,9-12,15-16H,2,5-6,8,13-14H2,1H3,(H,22,24). The lowest BCUT2D eigenvalue weighted by atomic mass is 10.0. The van der Waals surface area contributed by atoms with E-state index in [1.807, 2.05) is 18.2 Å². The van der Waals surface area contributed by atoms with Gasteiger partial charge in [0.2, 0.25) is 0 Å². The van der Waals surface area contributed by atoms with Crippen molar-refractivity contribution in [3.8, 4) is 11.5 Å². The van der Waals surface area contributed by atoms with Crippen LogP contribution in [0.3, 0.4) is 0 Å². The van der Waals surface area contributed by atoms with Gasteiger partial charge in [0.1, 0.15) is 11.5 Å². The Bertz CT molecular complexity index is 690. The predicted molar refractivity (Wildman–Crippen MR) is 98.0 cm³/mol. The molecule has 2 heterocycles. The van der Waals surface area contributed by atoms with Crippen LogP contribution in [0.5, 0.6) is 11.5 Å². The van der Waals surface area contributed by atoms with Crippen molar-refractivity contribution in [2.45, 2.75) is 32.2 Å². The van der Waals surface area contributed by atoms with Gasteiger partial charge in [-0.05, 0) is 50.2 Å². The Balaban J connectivity index is 1.66. The maximum atomic E-state index is 12.7. The molecule has 0 saturated carbocycles. The molecule has 0 spiro atoms. The lowest BCUT2D eigenvalue weighted by Crippen LogP contribution is -2.46. The molecular formula is C20H25N3O2. The lowest BCUT2D eigenvalue weighted by molar-refractivity contribution is 0.0915. The van der Waals surface area contributed by atoms with Crippen LogP contribution in [-0.4, -0.2) is 41.5 Å². The van der Waals surface area contributed by atoms with E-state index in [1.54, 1.807) is 30.6 Å². The minimum atomic E-state index is -0.0962. The minimum Gasteiger partial charge on any atom is -0.455 e. The van der Waals surface area contributed by atoms with Gasteiger partial charge < -0.3 is 10.1 Å². The van der Waals surface area contributed by atoms with Gasteiger partial charge in [-0.25, -0.2) is 0 Å². The van der Waals surface area contributed by atoms with Crippen LogP contribution in [0, 0.1) is 0 Å². The monoisotopic (exact) mass is 339 g/mol. The zero-order valence-electron chi connectivity index (χ0n) is 14.6. The molecule has 25 heavy (non-hydrogen) atoms. The van der Waals surface area contributed by atoms with E-state index in [0.29, 0.717) is 29.6 Å². The largest absolute Gasteiger partial charge is 0.455 e. The van der Waals surface area contributed by atoms with E-state index in [4.69, 9.17) is 4.74 Å². The fourth-order valence-electron chi connectivity index (χ4n) is 3.29. The molecule has 5 nitrogen and oxygen atoms in total. The molecule has 1 unspecified atom stereocenters. The molecule has 1 N–H and O–H groups in total. The molecule has 0 aliphatic carbocycles. The first-order valence-corrected chi connectivity index (χ1v) is 8.97. The van der Waals surface area contributed by atoms with Gasteiger partial charge in [-0.1, -0.05) is 25.5 Å². The Morgan fingerprint density at radius 3 is 2.96 bits per heavy atom. The summed E-state index contributed by atoms with van der Waals surface area (Å²) in [4.78, 5) is 19.2. The number of hydrogen-bond acceptors (Lipinski definition) is 4. The Hall–Kier alpha value is -2.40. The number of likely N-dealkylation sites (tertiary alicyclic amines) is 1. The quantitative estimate of drug-likeness (QED) is 0.875. The number of amides is 1. The van der Waals surface area contributed by atoms with Crippen molar-refractivity contribution in [2.75, 3.05) is 19.6 Å². The highest BCUT2D eigenvalue weighted by molar-refractivity contribution is 5.97. The third-order valence-electron chi connectivity index (χ3n) is 4.65. The van der Waals surface area contributed by atoms with Gasteiger partial charge in [0.25, 0.3) is 5.91 Å².